The predicted octanol–water partition coefficient (Wildman–Crippen LogP) is 9.53. The first-order chi connectivity index (χ1) is 15.0. The molecule has 0 aliphatic rings. The summed E-state index contributed by atoms with van der Waals surface area (Å²) in [5.41, 5.74) is 5.12. The molecule has 0 amide bonds. The first-order valence-corrected chi connectivity index (χ1v) is 13.7. The van der Waals surface area contributed by atoms with Crippen molar-refractivity contribution in [1.29, 1.82) is 0 Å². The van der Waals surface area contributed by atoms with Gasteiger partial charge in [-0.1, -0.05) is 108 Å². The molecule has 0 saturated heterocycles. The topological polar surface area (TPSA) is 9.23 Å². The highest BCUT2D eigenvalue weighted by atomic mass is 79.9. The van der Waals surface area contributed by atoms with E-state index in [0.717, 1.165) is 41.3 Å². The Labute approximate surface area is 204 Å². The zero-order valence-electron chi connectivity index (χ0n) is 19.0. The van der Waals surface area contributed by atoms with E-state index in [1.807, 2.05) is 0 Å². The van der Waals surface area contributed by atoms with E-state index in [4.69, 9.17) is 4.74 Å². The number of alkyl halides is 2. The molecule has 0 aliphatic carbocycles. The van der Waals surface area contributed by atoms with Crippen LogP contribution in [0.2, 0.25) is 0 Å². The Morgan fingerprint density at radius 2 is 1.35 bits per heavy atom. The summed E-state index contributed by atoms with van der Waals surface area (Å²) < 4.78 is 6.02. The van der Waals surface area contributed by atoms with Gasteiger partial charge in [-0.25, -0.2) is 0 Å². The molecule has 0 fully saturated rings. The fourth-order valence-electron chi connectivity index (χ4n) is 4.02. The summed E-state index contributed by atoms with van der Waals surface area (Å²) in [6, 6.07) is 19.8. The van der Waals surface area contributed by atoms with Crippen LogP contribution in [0.3, 0.4) is 0 Å². The molecule has 0 N–H and O–H groups in total. The van der Waals surface area contributed by atoms with Crippen LogP contribution in [0.5, 0.6) is 5.75 Å². The van der Waals surface area contributed by atoms with Crippen LogP contribution in [-0.4, -0.2) is 6.61 Å². The molecule has 0 heterocycles. The first-order valence-electron chi connectivity index (χ1n) is 11.4. The lowest BCUT2D eigenvalue weighted by molar-refractivity contribution is 0.276. The molecule has 0 aliphatic heterocycles. The SMILES string of the molecule is CC(C)CCCC(C)CCOc1ccc(-c2ccc3c(CBr)ccc(CBr)c3c2)cc1. The van der Waals surface area contributed by atoms with Crippen LogP contribution in [0.15, 0.2) is 54.6 Å². The molecule has 166 valence electrons. The largest absolute Gasteiger partial charge is 0.494 e. The number of ether oxygens (including phenoxy) is 1. The quantitative estimate of drug-likeness (QED) is 0.218. The van der Waals surface area contributed by atoms with E-state index in [2.05, 4.69) is 107 Å². The van der Waals surface area contributed by atoms with E-state index in [0.29, 0.717) is 0 Å². The molecular weight excluding hydrogens is 512 g/mol. The molecule has 0 spiro atoms. The summed E-state index contributed by atoms with van der Waals surface area (Å²) in [6.07, 6.45) is 5.08. The fourth-order valence-corrected chi connectivity index (χ4v) is 5.00. The summed E-state index contributed by atoms with van der Waals surface area (Å²) >= 11 is 7.26. The Hall–Kier alpha value is -1.32. The molecule has 1 atom stereocenters. The van der Waals surface area contributed by atoms with Gasteiger partial charge >= 0.3 is 0 Å². The van der Waals surface area contributed by atoms with Crippen molar-refractivity contribution in [2.45, 2.75) is 57.1 Å². The second-order valence-corrected chi connectivity index (χ2v) is 10.1. The third-order valence-electron chi connectivity index (χ3n) is 6.03. The minimum Gasteiger partial charge on any atom is -0.494 e. The van der Waals surface area contributed by atoms with Gasteiger partial charge in [0.25, 0.3) is 0 Å². The van der Waals surface area contributed by atoms with Gasteiger partial charge in [-0.15, -0.1) is 0 Å². The van der Waals surface area contributed by atoms with Gasteiger partial charge in [0, 0.05) is 10.7 Å². The van der Waals surface area contributed by atoms with E-state index < -0.39 is 0 Å². The van der Waals surface area contributed by atoms with Crippen LogP contribution >= 0.6 is 31.9 Å². The zero-order chi connectivity index (χ0) is 22.2. The lowest BCUT2D eigenvalue weighted by atomic mass is 9.96. The van der Waals surface area contributed by atoms with Crippen molar-refractivity contribution in [3.63, 3.8) is 0 Å². The lowest BCUT2D eigenvalue weighted by Crippen LogP contribution is -2.04. The second-order valence-electron chi connectivity index (χ2n) is 9.00. The molecule has 3 rings (SSSR count). The highest BCUT2D eigenvalue weighted by Crippen LogP contribution is 2.31. The zero-order valence-corrected chi connectivity index (χ0v) is 22.1. The second kappa shape index (κ2) is 12.1. The van der Waals surface area contributed by atoms with E-state index >= 15 is 0 Å². The van der Waals surface area contributed by atoms with Gasteiger partial charge < -0.3 is 4.74 Å². The van der Waals surface area contributed by atoms with Crippen LogP contribution in [0.4, 0.5) is 0 Å². The summed E-state index contributed by atoms with van der Waals surface area (Å²) in [4.78, 5) is 0. The third-order valence-corrected chi connectivity index (χ3v) is 7.24. The van der Waals surface area contributed by atoms with E-state index in [1.165, 1.54) is 52.3 Å². The van der Waals surface area contributed by atoms with Gasteiger partial charge in [0.05, 0.1) is 6.61 Å². The average Bonchev–Trinajstić information content (AvgIpc) is 2.78. The number of hydrogen-bond acceptors (Lipinski definition) is 1. The molecule has 0 saturated carbocycles. The molecule has 1 unspecified atom stereocenters. The van der Waals surface area contributed by atoms with Gasteiger partial charge in [0.1, 0.15) is 5.75 Å². The van der Waals surface area contributed by atoms with E-state index in [-0.39, 0.29) is 0 Å². The number of halogens is 2. The molecule has 3 aromatic carbocycles. The molecule has 0 radical (unpaired) electrons. The Balaban J connectivity index is 1.63. The summed E-state index contributed by atoms with van der Waals surface area (Å²) in [5, 5.41) is 4.37. The van der Waals surface area contributed by atoms with Crippen LogP contribution in [-0.2, 0) is 10.7 Å². The number of benzene rings is 3. The average molecular weight is 546 g/mol. The first kappa shape index (κ1) is 24.3. The van der Waals surface area contributed by atoms with Crippen LogP contribution in [0.1, 0.15) is 57.6 Å². The third kappa shape index (κ3) is 6.83. The Kier molecular flexibility index (Phi) is 9.47. The van der Waals surface area contributed by atoms with Crippen molar-refractivity contribution in [2.75, 3.05) is 6.61 Å². The molecule has 31 heavy (non-hydrogen) atoms. The van der Waals surface area contributed by atoms with Crippen LogP contribution in [0, 0.1) is 11.8 Å². The van der Waals surface area contributed by atoms with Crippen molar-refractivity contribution < 1.29 is 4.74 Å². The van der Waals surface area contributed by atoms with Gasteiger partial charge in [0.2, 0.25) is 0 Å². The minimum atomic E-state index is 0.726. The summed E-state index contributed by atoms with van der Waals surface area (Å²) in [7, 11) is 0. The Bertz CT molecular complexity index is 963. The maximum Gasteiger partial charge on any atom is 0.119 e. The smallest absolute Gasteiger partial charge is 0.119 e. The Morgan fingerprint density at radius 3 is 2.00 bits per heavy atom. The minimum absolute atomic E-state index is 0.726. The van der Waals surface area contributed by atoms with Crippen molar-refractivity contribution in [3.8, 4) is 16.9 Å². The van der Waals surface area contributed by atoms with Gasteiger partial charge in [-0.05, 0) is 69.5 Å². The lowest BCUT2D eigenvalue weighted by Gasteiger charge is -2.14. The molecule has 3 heteroatoms. The normalized spacial score (nSPS) is 12.5. The number of hydrogen-bond donors (Lipinski definition) is 0. The van der Waals surface area contributed by atoms with Crippen LogP contribution in [0.25, 0.3) is 21.9 Å². The highest BCUT2D eigenvalue weighted by molar-refractivity contribution is 9.08. The number of fused-ring (bicyclic) bond motifs is 1. The fraction of sp³-hybridized carbons (Fsp3) is 0.429. The molecule has 1 nitrogen and oxygen atoms in total. The van der Waals surface area contributed by atoms with Crippen molar-refractivity contribution in [1.82, 2.24) is 0 Å². The van der Waals surface area contributed by atoms with Crippen molar-refractivity contribution in [3.05, 3.63) is 65.7 Å². The van der Waals surface area contributed by atoms with E-state index in [9.17, 15) is 0 Å². The monoisotopic (exact) mass is 544 g/mol. The van der Waals surface area contributed by atoms with E-state index in [1.54, 1.807) is 0 Å². The summed E-state index contributed by atoms with van der Waals surface area (Å²) in [5.74, 6) is 2.49. The van der Waals surface area contributed by atoms with Gasteiger partial charge in [-0.2, -0.15) is 0 Å². The van der Waals surface area contributed by atoms with Gasteiger partial charge in [-0.3, -0.25) is 0 Å². The molecular formula is C28H34Br2O. The van der Waals surface area contributed by atoms with Crippen molar-refractivity contribution in [2.24, 2.45) is 11.8 Å². The van der Waals surface area contributed by atoms with Gasteiger partial charge in [0.15, 0.2) is 0 Å². The summed E-state index contributed by atoms with van der Waals surface area (Å²) in [6.45, 7) is 7.74. The Morgan fingerprint density at radius 1 is 0.710 bits per heavy atom. The maximum absolute atomic E-state index is 6.02. The molecule has 0 bridgehead atoms. The van der Waals surface area contributed by atoms with Crippen molar-refractivity contribution >= 4 is 42.6 Å². The molecule has 3 aromatic rings. The molecule has 0 aromatic heterocycles. The van der Waals surface area contributed by atoms with Crippen LogP contribution < -0.4 is 4.74 Å². The predicted molar refractivity (Wildman–Crippen MR) is 143 cm³/mol. The highest BCUT2D eigenvalue weighted by Gasteiger charge is 2.08. The standard InChI is InChI=1S/C28H34Br2O/c1-20(2)5-4-6-21(3)15-16-31-26-12-9-22(10-13-26)23-11-14-27-24(18-29)7-8-25(19-30)28(27)17-23/h7-14,17,20-21H,4-6,15-16,18-19H2,1-3H3. The number of rotatable bonds is 11. The maximum atomic E-state index is 6.02.